The van der Waals surface area contributed by atoms with E-state index in [9.17, 15) is 4.79 Å². The van der Waals surface area contributed by atoms with Gasteiger partial charge in [0.1, 0.15) is 5.75 Å². The van der Waals surface area contributed by atoms with Crippen molar-refractivity contribution in [2.75, 3.05) is 26.2 Å². The number of carbonyl (C=O) groups is 1. The lowest BCUT2D eigenvalue weighted by molar-refractivity contribution is -0.128. The Labute approximate surface area is 162 Å². The number of benzene rings is 1. The van der Waals surface area contributed by atoms with E-state index in [0.717, 1.165) is 56.6 Å². The van der Waals surface area contributed by atoms with Crippen molar-refractivity contribution < 1.29 is 9.53 Å². The molecule has 1 saturated heterocycles. The number of para-hydroxylation sites is 1. The average molecular weight is 373 g/mol. The van der Waals surface area contributed by atoms with Crippen LogP contribution < -0.4 is 15.4 Å². The van der Waals surface area contributed by atoms with Gasteiger partial charge in [-0.3, -0.25) is 4.79 Å². The first-order valence-electron chi connectivity index (χ1n) is 10.3. The van der Waals surface area contributed by atoms with Crippen LogP contribution >= 0.6 is 0 Å². The molecule has 6 nitrogen and oxygen atoms in total. The standard InChI is InChI=1S/C21H32N4O2/c1-2-22-21(24-16-20(26)25-13-7-8-14-25)23-15-17-9-3-6-12-19(17)27-18-10-4-5-11-18/h3,6,9,12,18H,2,4-5,7-8,10-11,13-16H2,1H3,(H2,22,23,24). The van der Waals surface area contributed by atoms with E-state index in [2.05, 4.69) is 21.7 Å². The average Bonchev–Trinajstić information content (AvgIpc) is 3.39. The van der Waals surface area contributed by atoms with Gasteiger partial charge in [0.25, 0.3) is 0 Å². The molecule has 1 heterocycles. The second-order valence-corrected chi connectivity index (χ2v) is 7.27. The summed E-state index contributed by atoms with van der Waals surface area (Å²) in [6, 6.07) is 8.12. The number of nitrogens with zero attached hydrogens (tertiary/aromatic N) is 2. The Bertz CT molecular complexity index is 635. The molecule has 3 rings (SSSR count). The molecule has 0 atom stereocenters. The van der Waals surface area contributed by atoms with Crippen LogP contribution in [0.4, 0.5) is 0 Å². The minimum absolute atomic E-state index is 0.142. The minimum Gasteiger partial charge on any atom is -0.490 e. The zero-order valence-electron chi connectivity index (χ0n) is 16.4. The van der Waals surface area contributed by atoms with Crippen LogP contribution in [-0.4, -0.2) is 49.0 Å². The topological polar surface area (TPSA) is 66.0 Å². The highest BCUT2D eigenvalue weighted by Crippen LogP contribution is 2.27. The van der Waals surface area contributed by atoms with Crippen LogP contribution in [0.2, 0.25) is 0 Å². The van der Waals surface area contributed by atoms with Crippen LogP contribution in [0.15, 0.2) is 29.3 Å². The first-order valence-corrected chi connectivity index (χ1v) is 10.3. The van der Waals surface area contributed by atoms with Crippen molar-refractivity contribution >= 4 is 11.9 Å². The molecule has 0 aromatic heterocycles. The summed E-state index contributed by atoms with van der Waals surface area (Å²) < 4.78 is 6.19. The zero-order valence-corrected chi connectivity index (χ0v) is 16.4. The maximum atomic E-state index is 12.2. The fourth-order valence-corrected chi connectivity index (χ4v) is 3.68. The fraction of sp³-hybridized carbons (Fsp3) is 0.619. The molecule has 1 aliphatic carbocycles. The first kappa shape index (κ1) is 19.5. The number of amides is 1. The van der Waals surface area contributed by atoms with Crippen LogP contribution in [0, 0.1) is 0 Å². The summed E-state index contributed by atoms with van der Waals surface area (Å²) in [4.78, 5) is 18.8. The highest BCUT2D eigenvalue weighted by Gasteiger charge is 2.19. The third-order valence-electron chi connectivity index (χ3n) is 5.19. The molecule has 0 radical (unpaired) electrons. The third kappa shape index (κ3) is 5.88. The Balaban J connectivity index is 1.58. The van der Waals surface area contributed by atoms with Crippen molar-refractivity contribution in [3.63, 3.8) is 0 Å². The van der Waals surface area contributed by atoms with Gasteiger partial charge in [0.2, 0.25) is 5.91 Å². The van der Waals surface area contributed by atoms with Gasteiger partial charge in [0.05, 0.1) is 19.2 Å². The molecule has 0 unspecified atom stereocenters. The number of hydrogen-bond donors (Lipinski definition) is 2. The highest BCUT2D eigenvalue weighted by molar-refractivity contribution is 5.86. The molecule has 1 saturated carbocycles. The summed E-state index contributed by atoms with van der Waals surface area (Å²) in [6.45, 7) is 5.34. The molecular weight excluding hydrogens is 340 g/mol. The van der Waals surface area contributed by atoms with Crippen molar-refractivity contribution in [1.29, 1.82) is 0 Å². The fourth-order valence-electron chi connectivity index (χ4n) is 3.68. The van der Waals surface area contributed by atoms with Gasteiger partial charge >= 0.3 is 0 Å². The summed E-state index contributed by atoms with van der Waals surface area (Å²) >= 11 is 0. The lowest BCUT2D eigenvalue weighted by Gasteiger charge is -2.18. The summed E-state index contributed by atoms with van der Waals surface area (Å²) in [6.07, 6.45) is 7.34. The maximum Gasteiger partial charge on any atom is 0.241 e. The number of carbonyl (C=O) groups excluding carboxylic acids is 1. The predicted molar refractivity (Wildman–Crippen MR) is 108 cm³/mol. The molecule has 1 aromatic carbocycles. The zero-order chi connectivity index (χ0) is 18.9. The molecular formula is C21H32N4O2. The van der Waals surface area contributed by atoms with Crippen molar-refractivity contribution in [1.82, 2.24) is 15.5 Å². The number of guanidine groups is 1. The van der Waals surface area contributed by atoms with Crippen molar-refractivity contribution in [3.8, 4) is 5.75 Å². The SMILES string of the molecule is CCNC(=NCc1ccccc1OC1CCCC1)NCC(=O)N1CCCC1. The van der Waals surface area contributed by atoms with Crippen LogP contribution in [0.25, 0.3) is 0 Å². The molecule has 1 aliphatic heterocycles. The van der Waals surface area contributed by atoms with Gasteiger partial charge in [0, 0.05) is 25.2 Å². The van der Waals surface area contributed by atoms with Crippen LogP contribution in [0.5, 0.6) is 5.75 Å². The summed E-state index contributed by atoms with van der Waals surface area (Å²) in [5, 5.41) is 6.39. The monoisotopic (exact) mass is 372 g/mol. The number of ether oxygens (including phenoxy) is 1. The number of likely N-dealkylation sites (tertiary alicyclic amines) is 1. The third-order valence-corrected chi connectivity index (χ3v) is 5.19. The van der Waals surface area contributed by atoms with E-state index in [0.29, 0.717) is 18.6 Å². The Morgan fingerprint density at radius 2 is 1.89 bits per heavy atom. The Kier molecular flexibility index (Phi) is 7.36. The summed E-state index contributed by atoms with van der Waals surface area (Å²) in [5.41, 5.74) is 1.08. The quantitative estimate of drug-likeness (QED) is 0.570. The van der Waals surface area contributed by atoms with E-state index >= 15 is 0 Å². The first-order chi connectivity index (χ1) is 13.3. The van der Waals surface area contributed by atoms with E-state index < -0.39 is 0 Å². The van der Waals surface area contributed by atoms with E-state index in [-0.39, 0.29) is 12.5 Å². The maximum absolute atomic E-state index is 12.2. The number of aliphatic imine (C=N–C) groups is 1. The predicted octanol–water partition coefficient (Wildman–Crippen LogP) is 2.69. The van der Waals surface area contributed by atoms with E-state index in [4.69, 9.17) is 4.74 Å². The summed E-state index contributed by atoms with van der Waals surface area (Å²) in [5.74, 6) is 1.74. The van der Waals surface area contributed by atoms with Gasteiger partial charge < -0.3 is 20.3 Å². The van der Waals surface area contributed by atoms with Crippen LogP contribution in [0.3, 0.4) is 0 Å². The number of rotatable bonds is 7. The van der Waals surface area contributed by atoms with Gasteiger partial charge in [-0.2, -0.15) is 0 Å². The Hall–Kier alpha value is -2.24. The number of nitrogens with one attached hydrogen (secondary N) is 2. The molecule has 6 heteroatoms. The van der Waals surface area contributed by atoms with E-state index in [1.807, 2.05) is 30.0 Å². The molecule has 1 aromatic rings. The van der Waals surface area contributed by atoms with Gasteiger partial charge in [0.15, 0.2) is 5.96 Å². The molecule has 0 bridgehead atoms. The van der Waals surface area contributed by atoms with Crippen LogP contribution in [-0.2, 0) is 11.3 Å². The summed E-state index contributed by atoms with van der Waals surface area (Å²) in [7, 11) is 0. The van der Waals surface area contributed by atoms with Crippen LogP contribution in [0.1, 0.15) is 51.0 Å². The Morgan fingerprint density at radius 1 is 1.15 bits per heavy atom. The molecule has 2 N–H and O–H groups in total. The lowest BCUT2D eigenvalue weighted by atomic mass is 10.2. The largest absolute Gasteiger partial charge is 0.490 e. The van der Waals surface area contributed by atoms with Crippen molar-refractivity contribution in [2.45, 2.75) is 58.1 Å². The smallest absolute Gasteiger partial charge is 0.241 e. The van der Waals surface area contributed by atoms with Crippen molar-refractivity contribution in [3.05, 3.63) is 29.8 Å². The number of hydrogen-bond acceptors (Lipinski definition) is 3. The molecule has 2 aliphatic rings. The molecule has 27 heavy (non-hydrogen) atoms. The van der Waals surface area contributed by atoms with Gasteiger partial charge in [-0.15, -0.1) is 0 Å². The minimum atomic E-state index is 0.142. The molecule has 148 valence electrons. The lowest BCUT2D eigenvalue weighted by Crippen LogP contribution is -2.44. The van der Waals surface area contributed by atoms with Gasteiger partial charge in [-0.05, 0) is 51.5 Å². The van der Waals surface area contributed by atoms with Gasteiger partial charge in [-0.25, -0.2) is 4.99 Å². The Morgan fingerprint density at radius 3 is 2.63 bits per heavy atom. The van der Waals surface area contributed by atoms with E-state index in [1.165, 1.54) is 12.8 Å². The van der Waals surface area contributed by atoms with Crippen molar-refractivity contribution in [2.24, 2.45) is 4.99 Å². The van der Waals surface area contributed by atoms with Gasteiger partial charge in [-0.1, -0.05) is 18.2 Å². The highest BCUT2D eigenvalue weighted by atomic mass is 16.5. The second-order valence-electron chi connectivity index (χ2n) is 7.27. The molecule has 2 fully saturated rings. The molecule has 1 amide bonds. The normalized spacial score (nSPS) is 18.0. The molecule has 0 spiro atoms. The van der Waals surface area contributed by atoms with E-state index in [1.54, 1.807) is 0 Å². The second kappa shape index (κ2) is 10.2.